The van der Waals surface area contributed by atoms with Crippen molar-refractivity contribution < 1.29 is 23.9 Å². The van der Waals surface area contributed by atoms with E-state index in [0.717, 1.165) is 18.5 Å². The zero-order valence-corrected chi connectivity index (χ0v) is 15.7. The smallest absolute Gasteiger partial charge is 0.337 e. The second kappa shape index (κ2) is 8.99. The highest BCUT2D eigenvalue weighted by Crippen LogP contribution is 2.20. The largest absolute Gasteiger partial charge is 0.465 e. The van der Waals surface area contributed by atoms with Gasteiger partial charge in [0.1, 0.15) is 5.78 Å². The van der Waals surface area contributed by atoms with Gasteiger partial charge >= 0.3 is 5.97 Å². The molecule has 1 atom stereocenters. The third-order valence-corrected chi connectivity index (χ3v) is 5.23. The summed E-state index contributed by atoms with van der Waals surface area (Å²) in [6, 6.07) is 7.25. The number of carbonyl (C=O) groups is 3. The van der Waals surface area contributed by atoms with E-state index < -0.39 is 0 Å². The Hall–Kier alpha value is -2.41. The molecule has 7 nitrogen and oxygen atoms in total. The second-order valence-electron chi connectivity index (χ2n) is 6.96. The highest BCUT2D eigenvalue weighted by atomic mass is 16.5. The molecular weight excluding hydrogens is 348 g/mol. The average molecular weight is 374 g/mol. The van der Waals surface area contributed by atoms with Gasteiger partial charge in [-0.05, 0) is 37.1 Å². The number of ether oxygens (including phenoxy) is 2. The predicted octanol–water partition coefficient (Wildman–Crippen LogP) is 1.51. The van der Waals surface area contributed by atoms with Crippen LogP contribution in [-0.4, -0.2) is 69.1 Å². The number of carbonyl (C=O) groups excluding carboxylic acids is 3. The number of hydrogen-bond acceptors (Lipinski definition) is 6. The predicted molar refractivity (Wildman–Crippen MR) is 99.7 cm³/mol. The van der Waals surface area contributed by atoms with Crippen LogP contribution in [0, 0.1) is 5.92 Å². The maximum Gasteiger partial charge on any atom is 0.337 e. The zero-order valence-electron chi connectivity index (χ0n) is 15.7. The number of benzene rings is 1. The van der Waals surface area contributed by atoms with Crippen molar-refractivity contribution in [1.82, 2.24) is 4.90 Å². The Kier molecular flexibility index (Phi) is 6.45. The van der Waals surface area contributed by atoms with Gasteiger partial charge in [-0.25, -0.2) is 4.79 Å². The van der Waals surface area contributed by atoms with Crippen molar-refractivity contribution in [3.05, 3.63) is 29.8 Å². The number of hydrogen-bond donors (Lipinski definition) is 0. The topological polar surface area (TPSA) is 76.2 Å². The number of rotatable bonds is 5. The first-order valence-corrected chi connectivity index (χ1v) is 9.40. The average Bonchev–Trinajstić information content (AvgIpc) is 2.74. The third-order valence-electron chi connectivity index (χ3n) is 5.23. The summed E-state index contributed by atoms with van der Waals surface area (Å²) in [5, 5.41) is 0. The summed E-state index contributed by atoms with van der Waals surface area (Å²) >= 11 is 0. The first-order chi connectivity index (χ1) is 13.1. The molecule has 1 amide bonds. The van der Waals surface area contributed by atoms with Crippen LogP contribution in [0.5, 0.6) is 0 Å². The minimum Gasteiger partial charge on any atom is -0.465 e. The van der Waals surface area contributed by atoms with Crippen LogP contribution in [0.4, 0.5) is 5.69 Å². The standard InChI is InChI=1S/C20H26N2O5/c1-26-20(25)15-4-6-17(7-5-15)21-8-10-22(11-9-21)19(24)13-18(23)16-3-2-12-27-14-16/h4-7,16H,2-3,8-14H2,1H3. The lowest BCUT2D eigenvalue weighted by atomic mass is 9.95. The number of ketones is 1. The summed E-state index contributed by atoms with van der Waals surface area (Å²) < 4.78 is 10.0. The molecule has 2 aliphatic heterocycles. The van der Waals surface area contributed by atoms with Crippen LogP contribution >= 0.6 is 0 Å². The quantitative estimate of drug-likeness (QED) is 0.574. The van der Waals surface area contributed by atoms with Crippen molar-refractivity contribution in [3.8, 4) is 0 Å². The second-order valence-corrected chi connectivity index (χ2v) is 6.96. The van der Waals surface area contributed by atoms with Gasteiger partial charge in [-0.1, -0.05) is 0 Å². The molecule has 0 saturated carbocycles. The molecule has 3 rings (SSSR count). The SMILES string of the molecule is COC(=O)c1ccc(N2CCN(C(=O)CC(=O)C3CCCOC3)CC2)cc1. The number of nitrogens with zero attached hydrogens (tertiary/aromatic N) is 2. The fourth-order valence-corrected chi connectivity index (χ4v) is 3.54. The first-order valence-electron chi connectivity index (χ1n) is 9.40. The Bertz CT molecular complexity index is 674. The fraction of sp³-hybridized carbons (Fsp3) is 0.550. The van der Waals surface area contributed by atoms with Gasteiger partial charge in [0.05, 0.1) is 25.7 Å². The molecule has 2 aliphatic rings. The summed E-state index contributed by atoms with van der Waals surface area (Å²) in [5.41, 5.74) is 1.52. The molecule has 146 valence electrons. The van der Waals surface area contributed by atoms with E-state index in [0.29, 0.717) is 45.0 Å². The molecule has 0 aliphatic carbocycles. The van der Waals surface area contributed by atoms with Crippen LogP contribution < -0.4 is 4.90 Å². The number of methoxy groups -OCH3 is 1. The number of piperazine rings is 1. The number of esters is 1. The van der Waals surface area contributed by atoms with Gasteiger partial charge < -0.3 is 19.3 Å². The molecule has 0 radical (unpaired) electrons. The Morgan fingerprint density at radius 2 is 1.81 bits per heavy atom. The lowest BCUT2D eigenvalue weighted by molar-refractivity contribution is -0.138. The zero-order chi connectivity index (χ0) is 19.2. The van der Waals surface area contributed by atoms with Crippen molar-refractivity contribution in [2.45, 2.75) is 19.3 Å². The van der Waals surface area contributed by atoms with Crippen LogP contribution in [0.3, 0.4) is 0 Å². The molecule has 2 saturated heterocycles. The van der Waals surface area contributed by atoms with E-state index in [4.69, 9.17) is 9.47 Å². The van der Waals surface area contributed by atoms with Crippen molar-refractivity contribution in [2.75, 3.05) is 51.4 Å². The number of Topliss-reactive ketones (excluding diaryl/α,β-unsaturated/α-hetero) is 1. The van der Waals surface area contributed by atoms with Gasteiger partial charge in [-0.3, -0.25) is 9.59 Å². The van der Waals surface area contributed by atoms with Gasteiger partial charge in [-0.15, -0.1) is 0 Å². The Morgan fingerprint density at radius 3 is 2.41 bits per heavy atom. The van der Waals surface area contributed by atoms with Crippen LogP contribution in [0.15, 0.2) is 24.3 Å². The highest BCUT2D eigenvalue weighted by molar-refractivity contribution is 5.99. The summed E-state index contributed by atoms with van der Waals surface area (Å²) in [6.45, 7) is 3.73. The molecule has 1 unspecified atom stereocenters. The van der Waals surface area contributed by atoms with Gasteiger partial charge in [0.15, 0.2) is 0 Å². The van der Waals surface area contributed by atoms with Crippen molar-refractivity contribution in [2.24, 2.45) is 5.92 Å². The van der Waals surface area contributed by atoms with E-state index >= 15 is 0 Å². The molecular formula is C20H26N2O5. The van der Waals surface area contributed by atoms with Gasteiger partial charge in [0, 0.05) is 44.4 Å². The van der Waals surface area contributed by atoms with Crippen LogP contribution in [0.25, 0.3) is 0 Å². The number of amides is 1. The van der Waals surface area contributed by atoms with E-state index in [2.05, 4.69) is 4.90 Å². The molecule has 0 spiro atoms. The van der Waals surface area contributed by atoms with Crippen molar-refractivity contribution >= 4 is 23.3 Å². The van der Waals surface area contributed by atoms with Gasteiger partial charge in [0.2, 0.25) is 5.91 Å². The molecule has 0 bridgehead atoms. The molecule has 7 heteroatoms. The Labute approximate surface area is 159 Å². The lowest BCUT2D eigenvalue weighted by Crippen LogP contribution is -2.49. The first kappa shape index (κ1) is 19.4. The summed E-state index contributed by atoms with van der Waals surface area (Å²) in [7, 11) is 1.36. The van der Waals surface area contributed by atoms with Gasteiger partial charge in [0.25, 0.3) is 0 Å². The maximum atomic E-state index is 12.4. The summed E-state index contributed by atoms with van der Waals surface area (Å²) in [4.78, 5) is 40.2. The van der Waals surface area contributed by atoms with Crippen molar-refractivity contribution in [3.63, 3.8) is 0 Å². The monoisotopic (exact) mass is 374 g/mol. The van der Waals surface area contributed by atoms with E-state index in [1.54, 1.807) is 17.0 Å². The molecule has 0 aromatic heterocycles. The molecule has 0 N–H and O–H groups in total. The van der Waals surface area contributed by atoms with E-state index in [9.17, 15) is 14.4 Å². The lowest BCUT2D eigenvalue weighted by Gasteiger charge is -2.36. The summed E-state index contributed by atoms with van der Waals surface area (Å²) in [5.74, 6) is -0.575. The third kappa shape index (κ3) is 4.86. The van der Waals surface area contributed by atoms with Crippen LogP contribution in [0.2, 0.25) is 0 Å². The van der Waals surface area contributed by atoms with E-state index in [1.807, 2.05) is 12.1 Å². The molecule has 27 heavy (non-hydrogen) atoms. The van der Waals surface area contributed by atoms with E-state index in [-0.39, 0.29) is 30.0 Å². The molecule has 1 aromatic carbocycles. The molecule has 2 fully saturated rings. The van der Waals surface area contributed by atoms with Crippen molar-refractivity contribution in [1.29, 1.82) is 0 Å². The molecule has 1 aromatic rings. The Balaban J connectivity index is 1.48. The van der Waals surface area contributed by atoms with E-state index in [1.165, 1.54) is 7.11 Å². The minimum absolute atomic E-state index is 0.000489. The summed E-state index contributed by atoms with van der Waals surface area (Å²) in [6.07, 6.45) is 1.68. The van der Waals surface area contributed by atoms with Crippen LogP contribution in [-0.2, 0) is 19.1 Å². The molecule has 2 heterocycles. The normalized spacial score (nSPS) is 20.3. The minimum atomic E-state index is -0.356. The highest BCUT2D eigenvalue weighted by Gasteiger charge is 2.27. The van der Waals surface area contributed by atoms with Crippen LogP contribution in [0.1, 0.15) is 29.6 Å². The van der Waals surface area contributed by atoms with Gasteiger partial charge in [-0.2, -0.15) is 0 Å². The number of anilines is 1. The Morgan fingerprint density at radius 1 is 1.11 bits per heavy atom. The maximum absolute atomic E-state index is 12.4. The fourth-order valence-electron chi connectivity index (χ4n) is 3.54.